The number of rotatable bonds is 8. The van der Waals surface area contributed by atoms with Crippen LogP contribution in [0, 0.1) is 5.82 Å². The number of carbonyl (C=O) groups is 3. The number of aromatic nitrogens is 1. The summed E-state index contributed by atoms with van der Waals surface area (Å²) in [4.78, 5) is 42.5. The van der Waals surface area contributed by atoms with Gasteiger partial charge >= 0.3 is 0 Å². The molecular formula is C27H31FN4O4. The third-order valence-electron chi connectivity index (χ3n) is 6.37. The van der Waals surface area contributed by atoms with Crippen molar-refractivity contribution in [1.82, 2.24) is 19.3 Å². The molecule has 3 amide bonds. The van der Waals surface area contributed by atoms with Crippen LogP contribution >= 0.6 is 0 Å². The number of carbonyl (C=O) groups excluding carboxylic acids is 3. The number of halogens is 1. The smallest absolute Gasteiger partial charge is 0.289 e. The van der Waals surface area contributed by atoms with Crippen LogP contribution in [0.2, 0.25) is 0 Å². The third kappa shape index (κ3) is 5.67. The second-order valence-corrected chi connectivity index (χ2v) is 8.90. The van der Waals surface area contributed by atoms with E-state index in [9.17, 15) is 18.8 Å². The maximum atomic E-state index is 14.2. The number of amides is 3. The lowest BCUT2D eigenvalue weighted by atomic mass is 10.1. The predicted molar refractivity (Wildman–Crippen MR) is 132 cm³/mol. The lowest BCUT2D eigenvalue weighted by Gasteiger charge is -2.33. The fraction of sp³-hybridized carbons (Fsp3) is 0.370. The van der Waals surface area contributed by atoms with Crippen molar-refractivity contribution in [2.75, 3.05) is 32.7 Å². The van der Waals surface area contributed by atoms with Gasteiger partial charge in [0.05, 0.1) is 18.7 Å². The van der Waals surface area contributed by atoms with E-state index in [1.54, 1.807) is 39.0 Å². The molecule has 1 saturated heterocycles. The van der Waals surface area contributed by atoms with Crippen LogP contribution < -0.4 is 0 Å². The minimum absolute atomic E-state index is 0.0121. The minimum atomic E-state index is -0.533. The van der Waals surface area contributed by atoms with E-state index in [1.165, 1.54) is 19.1 Å². The van der Waals surface area contributed by atoms with Gasteiger partial charge in [0.2, 0.25) is 5.91 Å². The zero-order valence-corrected chi connectivity index (χ0v) is 20.7. The number of hydrogen-bond donors (Lipinski definition) is 0. The van der Waals surface area contributed by atoms with Gasteiger partial charge in [0.1, 0.15) is 11.6 Å². The van der Waals surface area contributed by atoms with Crippen LogP contribution in [0.25, 0.3) is 0 Å². The molecule has 0 N–H and O–H groups in total. The van der Waals surface area contributed by atoms with Crippen molar-refractivity contribution in [2.24, 2.45) is 0 Å². The van der Waals surface area contributed by atoms with Crippen LogP contribution in [0.4, 0.5) is 4.39 Å². The summed E-state index contributed by atoms with van der Waals surface area (Å²) in [7, 11) is 0. The Labute approximate surface area is 209 Å². The summed E-state index contributed by atoms with van der Waals surface area (Å²) < 4.78 is 22.0. The minimum Gasteiger partial charge on any atom is -0.454 e. The normalized spacial score (nSPS) is 13.6. The van der Waals surface area contributed by atoms with Gasteiger partial charge in [-0.15, -0.1) is 0 Å². The van der Waals surface area contributed by atoms with Gasteiger partial charge in [-0.2, -0.15) is 0 Å². The van der Waals surface area contributed by atoms with Crippen molar-refractivity contribution in [3.8, 4) is 0 Å². The van der Waals surface area contributed by atoms with Gasteiger partial charge in [-0.1, -0.05) is 19.1 Å². The fourth-order valence-electron chi connectivity index (χ4n) is 4.40. The first-order valence-electron chi connectivity index (χ1n) is 12.2. The summed E-state index contributed by atoms with van der Waals surface area (Å²) in [5.41, 5.74) is 0.931. The van der Waals surface area contributed by atoms with Crippen LogP contribution in [0.1, 0.15) is 52.6 Å². The molecule has 0 spiro atoms. The molecule has 3 aromatic rings. The second-order valence-electron chi connectivity index (χ2n) is 8.90. The van der Waals surface area contributed by atoms with Crippen molar-refractivity contribution < 1.29 is 23.2 Å². The molecule has 8 nitrogen and oxygen atoms in total. The van der Waals surface area contributed by atoms with Gasteiger partial charge < -0.3 is 23.7 Å². The van der Waals surface area contributed by atoms with E-state index >= 15 is 0 Å². The lowest BCUT2D eigenvalue weighted by Crippen LogP contribution is -2.50. The molecule has 1 aliphatic heterocycles. The third-order valence-corrected chi connectivity index (χ3v) is 6.37. The number of nitrogens with zero attached hydrogens (tertiary/aromatic N) is 4. The Balaban J connectivity index is 1.42. The first kappa shape index (κ1) is 25.2. The molecule has 4 rings (SSSR count). The van der Waals surface area contributed by atoms with Crippen LogP contribution in [0.15, 0.2) is 59.1 Å². The average molecular weight is 495 g/mol. The average Bonchev–Trinajstić information content (AvgIpc) is 3.53. The molecule has 0 bridgehead atoms. The largest absolute Gasteiger partial charge is 0.454 e. The molecule has 3 heterocycles. The summed E-state index contributed by atoms with van der Waals surface area (Å²) in [6.07, 6.45) is 2.63. The van der Waals surface area contributed by atoms with Crippen molar-refractivity contribution in [2.45, 2.75) is 33.4 Å². The molecule has 2 aromatic heterocycles. The Hall–Kier alpha value is -3.88. The Morgan fingerprint density at radius 1 is 0.972 bits per heavy atom. The van der Waals surface area contributed by atoms with Gasteiger partial charge in [0, 0.05) is 51.5 Å². The summed E-state index contributed by atoms with van der Waals surface area (Å²) >= 11 is 0. The van der Waals surface area contributed by atoms with Crippen LogP contribution in [-0.4, -0.2) is 69.7 Å². The summed E-state index contributed by atoms with van der Waals surface area (Å²) in [6.45, 7) is 6.68. The maximum Gasteiger partial charge on any atom is 0.289 e. The Bertz CT molecular complexity index is 1230. The molecule has 1 aliphatic rings. The highest BCUT2D eigenvalue weighted by molar-refractivity contribution is 5.94. The Morgan fingerprint density at radius 2 is 1.69 bits per heavy atom. The summed E-state index contributed by atoms with van der Waals surface area (Å²) in [5.74, 6) is -0.189. The Kier molecular flexibility index (Phi) is 7.87. The molecule has 9 heteroatoms. The van der Waals surface area contributed by atoms with E-state index in [0.717, 1.165) is 12.1 Å². The van der Waals surface area contributed by atoms with E-state index < -0.39 is 5.82 Å². The highest BCUT2D eigenvalue weighted by Crippen LogP contribution is 2.18. The molecule has 36 heavy (non-hydrogen) atoms. The van der Waals surface area contributed by atoms with Crippen molar-refractivity contribution in [3.05, 3.63) is 83.3 Å². The highest BCUT2D eigenvalue weighted by atomic mass is 19.1. The van der Waals surface area contributed by atoms with Crippen LogP contribution in [0.5, 0.6) is 0 Å². The monoisotopic (exact) mass is 494 g/mol. The molecule has 0 saturated carbocycles. The van der Waals surface area contributed by atoms with Crippen LogP contribution in [0.3, 0.4) is 0 Å². The molecule has 1 fully saturated rings. The quantitative estimate of drug-likeness (QED) is 0.479. The maximum absolute atomic E-state index is 14.2. The zero-order chi connectivity index (χ0) is 25.7. The van der Waals surface area contributed by atoms with Crippen LogP contribution in [-0.2, 0) is 17.9 Å². The summed E-state index contributed by atoms with van der Waals surface area (Å²) in [6, 6.07) is 13.3. The number of furan rings is 1. The van der Waals surface area contributed by atoms with E-state index in [-0.39, 0.29) is 29.0 Å². The number of piperazine rings is 1. The molecule has 1 aromatic carbocycles. The zero-order valence-electron chi connectivity index (χ0n) is 20.7. The first-order valence-corrected chi connectivity index (χ1v) is 12.2. The summed E-state index contributed by atoms with van der Waals surface area (Å²) in [5, 5.41) is 0. The SMILES string of the molecule is CCCN(Cc1cccn1Cc1ccc(C(=O)N2CCN(C(C)=O)CC2)o1)C(=O)c1ccccc1F. The topological polar surface area (TPSA) is 79.0 Å². The number of hydrogen-bond acceptors (Lipinski definition) is 4. The Morgan fingerprint density at radius 3 is 2.39 bits per heavy atom. The van der Waals surface area contributed by atoms with Gasteiger partial charge in [-0.25, -0.2) is 4.39 Å². The molecule has 0 atom stereocenters. The van der Waals surface area contributed by atoms with Gasteiger partial charge in [0.25, 0.3) is 11.8 Å². The van der Waals surface area contributed by atoms with Crippen molar-refractivity contribution in [3.63, 3.8) is 0 Å². The van der Waals surface area contributed by atoms with Crippen molar-refractivity contribution in [1.29, 1.82) is 0 Å². The second kappa shape index (κ2) is 11.2. The fourth-order valence-corrected chi connectivity index (χ4v) is 4.40. The molecule has 0 aliphatic carbocycles. The highest BCUT2D eigenvalue weighted by Gasteiger charge is 2.25. The predicted octanol–water partition coefficient (Wildman–Crippen LogP) is 3.63. The van der Waals surface area contributed by atoms with E-state index in [1.807, 2.05) is 29.8 Å². The molecular weight excluding hydrogens is 463 g/mol. The standard InChI is InChI=1S/C27H31FN4O4/c1-3-12-32(26(34)23-8-4-5-9-24(23)28)18-21-7-6-13-31(21)19-22-10-11-25(36-22)27(35)30-16-14-29(15-17-30)20(2)33/h4-11,13H,3,12,14-19H2,1-2H3. The molecule has 190 valence electrons. The van der Waals surface area contributed by atoms with Crippen molar-refractivity contribution >= 4 is 17.7 Å². The molecule has 0 radical (unpaired) electrons. The van der Waals surface area contributed by atoms with Gasteiger partial charge in [-0.05, 0) is 42.8 Å². The number of benzene rings is 1. The van der Waals surface area contributed by atoms with Gasteiger partial charge in [-0.3, -0.25) is 14.4 Å². The lowest BCUT2D eigenvalue weighted by molar-refractivity contribution is -0.130. The van der Waals surface area contributed by atoms with E-state index in [4.69, 9.17) is 4.42 Å². The van der Waals surface area contributed by atoms with Gasteiger partial charge in [0.15, 0.2) is 5.76 Å². The first-order chi connectivity index (χ1) is 17.4. The van der Waals surface area contributed by atoms with E-state index in [0.29, 0.717) is 51.6 Å². The van der Waals surface area contributed by atoms with E-state index in [2.05, 4.69) is 0 Å². The molecule has 0 unspecified atom stereocenters.